The number of hydrogen-bond donors (Lipinski definition) is 3. The topological polar surface area (TPSA) is 70.2 Å². The van der Waals surface area contributed by atoms with Crippen molar-refractivity contribution >= 4 is 23.2 Å². The Morgan fingerprint density at radius 2 is 2.21 bits per heavy atom. The predicted molar refractivity (Wildman–Crippen MR) is 72.9 cm³/mol. The van der Waals surface area contributed by atoms with Crippen molar-refractivity contribution in [3.63, 3.8) is 0 Å². The van der Waals surface area contributed by atoms with E-state index >= 15 is 0 Å². The van der Waals surface area contributed by atoms with Gasteiger partial charge in [-0.1, -0.05) is 6.92 Å². The van der Waals surface area contributed by atoms with E-state index in [0.29, 0.717) is 12.3 Å². The number of anilines is 2. The van der Waals surface area contributed by atoms with Crippen molar-refractivity contribution in [2.45, 2.75) is 13.3 Å². The number of hydrogen-bond acceptors (Lipinski definition) is 3. The van der Waals surface area contributed by atoms with Gasteiger partial charge in [-0.25, -0.2) is 0 Å². The molecule has 0 saturated carbocycles. The third kappa shape index (κ3) is 2.33. The van der Waals surface area contributed by atoms with Crippen molar-refractivity contribution in [1.82, 2.24) is 5.32 Å². The van der Waals surface area contributed by atoms with E-state index in [4.69, 9.17) is 0 Å². The molecule has 1 saturated heterocycles. The Bertz CT molecular complexity index is 537. The summed E-state index contributed by atoms with van der Waals surface area (Å²) < 4.78 is 0. The van der Waals surface area contributed by atoms with Gasteiger partial charge in [-0.05, 0) is 42.8 Å². The smallest absolute Gasteiger partial charge is 0.228 e. The zero-order valence-electron chi connectivity index (χ0n) is 10.8. The molecule has 3 rings (SSSR count). The number of benzene rings is 1. The SMILES string of the molecule is CC(C(=O)Nc1ccc2c(c1)CC(=O)N2)C1CNC1. The molecule has 3 N–H and O–H groups in total. The van der Waals surface area contributed by atoms with Crippen molar-refractivity contribution in [3.05, 3.63) is 23.8 Å². The second-order valence-electron chi connectivity index (χ2n) is 5.29. The van der Waals surface area contributed by atoms with Gasteiger partial charge in [0, 0.05) is 17.3 Å². The average molecular weight is 259 g/mol. The number of nitrogens with one attached hydrogen (secondary N) is 3. The lowest BCUT2D eigenvalue weighted by Gasteiger charge is -2.31. The largest absolute Gasteiger partial charge is 0.326 e. The number of rotatable bonds is 3. The Hall–Kier alpha value is -1.88. The minimum absolute atomic E-state index is 0.00684. The summed E-state index contributed by atoms with van der Waals surface area (Å²) >= 11 is 0. The highest BCUT2D eigenvalue weighted by Gasteiger charge is 2.28. The molecular formula is C14H17N3O2. The van der Waals surface area contributed by atoms with Crippen LogP contribution < -0.4 is 16.0 Å². The van der Waals surface area contributed by atoms with Gasteiger partial charge in [0.15, 0.2) is 0 Å². The van der Waals surface area contributed by atoms with Crippen LogP contribution >= 0.6 is 0 Å². The van der Waals surface area contributed by atoms with Crippen molar-refractivity contribution in [1.29, 1.82) is 0 Å². The summed E-state index contributed by atoms with van der Waals surface area (Å²) in [5, 5.41) is 8.88. The van der Waals surface area contributed by atoms with Gasteiger partial charge >= 0.3 is 0 Å². The molecule has 2 aliphatic heterocycles. The van der Waals surface area contributed by atoms with Crippen LogP contribution in [0.3, 0.4) is 0 Å². The van der Waals surface area contributed by atoms with Crippen LogP contribution in [0.1, 0.15) is 12.5 Å². The van der Waals surface area contributed by atoms with E-state index in [1.165, 1.54) is 0 Å². The van der Waals surface area contributed by atoms with Gasteiger partial charge in [0.25, 0.3) is 0 Å². The molecular weight excluding hydrogens is 242 g/mol. The Labute approximate surface area is 111 Å². The molecule has 2 heterocycles. The average Bonchev–Trinajstić information content (AvgIpc) is 2.66. The van der Waals surface area contributed by atoms with E-state index < -0.39 is 0 Å². The predicted octanol–water partition coefficient (Wildman–Crippen LogP) is 0.975. The molecule has 0 spiro atoms. The second-order valence-corrected chi connectivity index (χ2v) is 5.29. The minimum atomic E-state index is 0.00684. The molecule has 5 heteroatoms. The summed E-state index contributed by atoms with van der Waals surface area (Å²) in [7, 11) is 0. The van der Waals surface area contributed by atoms with E-state index in [1.807, 2.05) is 25.1 Å². The standard InChI is InChI=1S/C14H17N3O2/c1-8(10-6-15-7-10)14(19)16-11-2-3-12-9(4-11)5-13(18)17-12/h2-4,8,10,15H,5-7H2,1H3,(H,16,19)(H,17,18). The first-order valence-corrected chi connectivity index (χ1v) is 6.58. The molecule has 5 nitrogen and oxygen atoms in total. The Kier molecular flexibility index (Phi) is 2.98. The van der Waals surface area contributed by atoms with E-state index in [-0.39, 0.29) is 17.7 Å². The monoisotopic (exact) mass is 259 g/mol. The first-order valence-electron chi connectivity index (χ1n) is 6.58. The molecule has 2 amide bonds. The highest BCUT2D eigenvalue weighted by molar-refractivity contribution is 6.00. The van der Waals surface area contributed by atoms with Crippen LogP contribution in [-0.4, -0.2) is 24.9 Å². The zero-order valence-corrected chi connectivity index (χ0v) is 10.8. The number of amides is 2. The van der Waals surface area contributed by atoms with Crippen molar-refractivity contribution in [2.75, 3.05) is 23.7 Å². The third-order valence-corrected chi connectivity index (χ3v) is 3.93. The second kappa shape index (κ2) is 4.66. The molecule has 0 aromatic heterocycles. The molecule has 19 heavy (non-hydrogen) atoms. The van der Waals surface area contributed by atoms with Crippen molar-refractivity contribution in [3.8, 4) is 0 Å². The number of fused-ring (bicyclic) bond motifs is 1. The maximum Gasteiger partial charge on any atom is 0.228 e. The van der Waals surface area contributed by atoms with Gasteiger partial charge < -0.3 is 16.0 Å². The van der Waals surface area contributed by atoms with Gasteiger partial charge in [-0.3, -0.25) is 9.59 Å². The van der Waals surface area contributed by atoms with Gasteiger partial charge in [0.2, 0.25) is 11.8 Å². The summed E-state index contributed by atoms with van der Waals surface area (Å²) in [6, 6.07) is 5.54. The number of carbonyl (C=O) groups is 2. The summed E-state index contributed by atoms with van der Waals surface area (Å²) in [5.74, 6) is 0.489. The third-order valence-electron chi connectivity index (χ3n) is 3.93. The normalized spacial score (nSPS) is 19.3. The molecule has 2 aliphatic rings. The van der Waals surface area contributed by atoms with Crippen LogP contribution in [0, 0.1) is 11.8 Å². The molecule has 0 aliphatic carbocycles. The number of carbonyl (C=O) groups excluding carboxylic acids is 2. The zero-order chi connectivity index (χ0) is 13.4. The van der Waals surface area contributed by atoms with Crippen LogP contribution in [0.5, 0.6) is 0 Å². The summed E-state index contributed by atoms with van der Waals surface area (Å²) in [6.45, 7) is 3.79. The van der Waals surface area contributed by atoms with Crippen LogP contribution in [-0.2, 0) is 16.0 Å². The molecule has 1 aromatic rings. The lowest BCUT2D eigenvalue weighted by molar-refractivity contribution is -0.121. The van der Waals surface area contributed by atoms with Crippen molar-refractivity contribution in [2.24, 2.45) is 11.8 Å². The summed E-state index contributed by atoms with van der Waals surface area (Å²) in [5.41, 5.74) is 2.55. The lowest BCUT2D eigenvalue weighted by Crippen LogP contribution is -2.48. The molecule has 0 bridgehead atoms. The van der Waals surface area contributed by atoms with Crippen molar-refractivity contribution < 1.29 is 9.59 Å². The molecule has 1 fully saturated rings. The Balaban J connectivity index is 1.68. The Morgan fingerprint density at radius 1 is 1.42 bits per heavy atom. The maximum absolute atomic E-state index is 12.1. The van der Waals surface area contributed by atoms with E-state index in [1.54, 1.807) is 0 Å². The van der Waals surface area contributed by atoms with Gasteiger partial charge in [0.1, 0.15) is 0 Å². The van der Waals surface area contributed by atoms with Crippen LogP contribution in [0.2, 0.25) is 0 Å². The van der Waals surface area contributed by atoms with E-state index in [0.717, 1.165) is 30.0 Å². The fraction of sp³-hybridized carbons (Fsp3) is 0.429. The van der Waals surface area contributed by atoms with Crippen LogP contribution in [0.4, 0.5) is 11.4 Å². The lowest BCUT2D eigenvalue weighted by atomic mass is 9.88. The molecule has 100 valence electrons. The summed E-state index contributed by atoms with van der Waals surface area (Å²) in [6.07, 6.45) is 0.390. The molecule has 1 aromatic carbocycles. The molecule has 1 atom stereocenters. The first-order chi connectivity index (χ1) is 9.13. The fourth-order valence-electron chi connectivity index (χ4n) is 2.44. The van der Waals surface area contributed by atoms with Gasteiger partial charge in [-0.2, -0.15) is 0 Å². The highest BCUT2D eigenvalue weighted by Crippen LogP contribution is 2.26. The van der Waals surface area contributed by atoms with Gasteiger partial charge in [-0.15, -0.1) is 0 Å². The fourth-order valence-corrected chi connectivity index (χ4v) is 2.44. The minimum Gasteiger partial charge on any atom is -0.326 e. The first kappa shape index (κ1) is 12.2. The Morgan fingerprint density at radius 3 is 2.89 bits per heavy atom. The molecule has 1 unspecified atom stereocenters. The van der Waals surface area contributed by atoms with E-state index in [2.05, 4.69) is 16.0 Å². The van der Waals surface area contributed by atoms with Crippen LogP contribution in [0.25, 0.3) is 0 Å². The molecule has 0 radical (unpaired) electrons. The quantitative estimate of drug-likeness (QED) is 0.757. The highest BCUT2D eigenvalue weighted by atomic mass is 16.2. The van der Waals surface area contributed by atoms with Gasteiger partial charge in [0.05, 0.1) is 6.42 Å². The van der Waals surface area contributed by atoms with Crippen LogP contribution in [0.15, 0.2) is 18.2 Å². The van der Waals surface area contributed by atoms with E-state index in [9.17, 15) is 9.59 Å². The summed E-state index contributed by atoms with van der Waals surface area (Å²) in [4.78, 5) is 23.4. The maximum atomic E-state index is 12.1.